The summed E-state index contributed by atoms with van der Waals surface area (Å²) in [7, 11) is 0. The van der Waals surface area contributed by atoms with Gasteiger partial charge in [0.25, 0.3) is 0 Å². The van der Waals surface area contributed by atoms with Crippen molar-refractivity contribution in [3.8, 4) is 11.5 Å². The number of para-hydroxylation sites is 1. The van der Waals surface area contributed by atoms with E-state index in [0.29, 0.717) is 28.7 Å². The second kappa shape index (κ2) is 6.25. The zero-order chi connectivity index (χ0) is 13.7. The number of carbonyl (C=O) groups excluding carboxylic acids is 1. The van der Waals surface area contributed by atoms with Crippen molar-refractivity contribution in [3.63, 3.8) is 0 Å². The smallest absolute Gasteiger partial charge is 0.341 e. The highest BCUT2D eigenvalue weighted by Crippen LogP contribution is 2.28. The van der Waals surface area contributed by atoms with Crippen LogP contribution < -0.4 is 4.74 Å². The van der Waals surface area contributed by atoms with E-state index < -0.39 is 5.97 Å². The molecule has 0 aliphatic carbocycles. The molecule has 0 saturated heterocycles. The number of rotatable bonds is 4. The molecule has 0 bridgehead atoms. The fraction of sp³-hybridized carbons (Fsp3) is 0.133. The van der Waals surface area contributed by atoms with Gasteiger partial charge in [-0.05, 0) is 31.2 Å². The normalized spacial score (nSPS) is 10.0. The molecule has 2 aromatic rings. The van der Waals surface area contributed by atoms with E-state index in [2.05, 4.69) is 0 Å². The van der Waals surface area contributed by atoms with Gasteiger partial charge < -0.3 is 9.47 Å². The van der Waals surface area contributed by atoms with E-state index in [1.165, 1.54) is 0 Å². The Morgan fingerprint density at radius 2 is 1.89 bits per heavy atom. The molecular formula is C15H13ClO3. The van der Waals surface area contributed by atoms with Gasteiger partial charge in [-0.3, -0.25) is 0 Å². The molecule has 0 aromatic heterocycles. The summed E-state index contributed by atoms with van der Waals surface area (Å²) in [6.45, 7) is 2.07. The number of benzene rings is 2. The second-order valence-corrected chi connectivity index (χ2v) is 4.21. The number of carbonyl (C=O) groups is 1. The minimum absolute atomic E-state index is 0.312. The van der Waals surface area contributed by atoms with Crippen LogP contribution in [-0.4, -0.2) is 12.6 Å². The Bertz CT molecular complexity index is 567. The van der Waals surface area contributed by atoms with E-state index in [1.54, 1.807) is 37.3 Å². The maximum atomic E-state index is 11.8. The first-order valence-corrected chi connectivity index (χ1v) is 6.28. The molecule has 0 saturated carbocycles. The number of hydrogen-bond donors (Lipinski definition) is 0. The quantitative estimate of drug-likeness (QED) is 0.781. The van der Waals surface area contributed by atoms with Gasteiger partial charge in [0.05, 0.1) is 6.61 Å². The van der Waals surface area contributed by atoms with E-state index in [4.69, 9.17) is 21.1 Å². The van der Waals surface area contributed by atoms with Gasteiger partial charge >= 0.3 is 5.97 Å². The van der Waals surface area contributed by atoms with E-state index in [9.17, 15) is 4.79 Å². The summed E-state index contributed by atoms with van der Waals surface area (Å²) in [5, 5.41) is 0.499. The monoisotopic (exact) mass is 276 g/mol. The van der Waals surface area contributed by atoms with Crippen LogP contribution in [0.1, 0.15) is 17.3 Å². The third-order valence-electron chi connectivity index (χ3n) is 2.41. The summed E-state index contributed by atoms with van der Waals surface area (Å²) < 4.78 is 10.7. The van der Waals surface area contributed by atoms with Crippen LogP contribution >= 0.6 is 11.6 Å². The van der Waals surface area contributed by atoms with E-state index in [1.807, 2.05) is 18.2 Å². The first kappa shape index (κ1) is 13.4. The van der Waals surface area contributed by atoms with Gasteiger partial charge in [0.2, 0.25) is 0 Å². The van der Waals surface area contributed by atoms with Crippen LogP contribution in [0, 0.1) is 0 Å². The molecule has 0 amide bonds. The maximum absolute atomic E-state index is 11.8. The number of esters is 1. The highest BCUT2D eigenvalue weighted by molar-refractivity contribution is 6.30. The van der Waals surface area contributed by atoms with Crippen molar-refractivity contribution in [2.24, 2.45) is 0 Å². The molecule has 98 valence electrons. The van der Waals surface area contributed by atoms with Crippen molar-refractivity contribution in [3.05, 3.63) is 59.1 Å². The summed E-state index contributed by atoms with van der Waals surface area (Å²) in [6, 6.07) is 14.0. The van der Waals surface area contributed by atoms with Crippen molar-refractivity contribution < 1.29 is 14.3 Å². The van der Waals surface area contributed by atoms with Crippen molar-refractivity contribution >= 4 is 17.6 Å². The molecule has 0 spiro atoms. The van der Waals surface area contributed by atoms with Gasteiger partial charge in [0, 0.05) is 11.1 Å². The van der Waals surface area contributed by atoms with Crippen LogP contribution in [0.2, 0.25) is 5.02 Å². The summed E-state index contributed by atoms with van der Waals surface area (Å²) >= 11 is 5.93. The van der Waals surface area contributed by atoms with E-state index in [0.717, 1.165) is 0 Å². The lowest BCUT2D eigenvalue weighted by Gasteiger charge is -2.10. The Labute approximate surface area is 116 Å². The van der Waals surface area contributed by atoms with Gasteiger partial charge in [-0.25, -0.2) is 4.79 Å². The molecule has 0 heterocycles. The largest absolute Gasteiger partial charge is 0.462 e. The second-order valence-electron chi connectivity index (χ2n) is 3.78. The average molecular weight is 277 g/mol. The van der Waals surface area contributed by atoms with Crippen LogP contribution in [-0.2, 0) is 4.74 Å². The summed E-state index contributed by atoms with van der Waals surface area (Å²) in [5.41, 5.74) is 0.357. The minimum Gasteiger partial charge on any atom is -0.462 e. The fourth-order valence-corrected chi connectivity index (χ4v) is 1.74. The third kappa shape index (κ3) is 3.48. The van der Waals surface area contributed by atoms with Crippen LogP contribution in [0.15, 0.2) is 48.5 Å². The molecule has 0 unspecified atom stereocenters. The van der Waals surface area contributed by atoms with E-state index >= 15 is 0 Å². The van der Waals surface area contributed by atoms with Crippen LogP contribution in [0.5, 0.6) is 11.5 Å². The fourth-order valence-electron chi connectivity index (χ4n) is 1.57. The van der Waals surface area contributed by atoms with Gasteiger partial charge in [-0.15, -0.1) is 0 Å². The Hall–Kier alpha value is -2.00. The third-order valence-corrected chi connectivity index (χ3v) is 2.65. The maximum Gasteiger partial charge on any atom is 0.341 e. The van der Waals surface area contributed by atoms with E-state index in [-0.39, 0.29) is 0 Å². The van der Waals surface area contributed by atoms with Crippen molar-refractivity contribution in [2.45, 2.75) is 6.92 Å². The molecule has 0 aliphatic rings. The Morgan fingerprint density at radius 3 is 2.58 bits per heavy atom. The molecule has 0 aliphatic heterocycles. The molecule has 0 atom stereocenters. The average Bonchev–Trinajstić information content (AvgIpc) is 2.40. The van der Waals surface area contributed by atoms with Crippen molar-refractivity contribution in [2.75, 3.05) is 6.61 Å². The van der Waals surface area contributed by atoms with Gasteiger partial charge in [0.15, 0.2) is 0 Å². The predicted molar refractivity (Wildman–Crippen MR) is 73.9 cm³/mol. The Kier molecular flexibility index (Phi) is 4.42. The highest BCUT2D eigenvalue weighted by Gasteiger charge is 2.14. The van der Waals surface area contributed by atoms with Crippen molar-refractivity contribution in [1.29, 1.82) is 0 Å². The SMILES string of the molecule is CCOC(=O)c1ccc(Cl)cc1Oc1ccccc1. The summed E-state index contributed by atoms with van der Waals surface area (Å²) in [5.74, 6) is 0.595. The minimum atomic E-state index is -0.426. The molecule has 2 aromatic carbocycles. The number of halogens is 1. The number of hydrogen-bond acceptors (Lipinski definition) is 3. The molecule has 0 fully saturated rings. The molecule has 0 radical (unpaired) electrons. The summed E-state index contributed by atoms with van der Waals surface area (Å²) in [4.78, 5) is 11.8. The topological polar surface area (TPSA) is 35.5 Å². The first-order valence-electron chi connectivity index (χ1n) is 5.90. The molecule has 2 rings (SSSR count). The molecule has 19 heavy (non-hydrogen) atoms. The Balaban J connectivity index is 2.32. The zero-order valence-corrected chi connectivity index (χ0v) is 11.2. The highest BCUT2D eigenvalue weighted by atomic mass is 35.5. The molecular weight excluding hydrogens is 264 g/mol. The van der Waals surface area contributed by atoms with Crippen molar-refractivity contribution in [1.82, 2.24) is 0 Å². The zero-order valence-electron chi connectivity index (χ0n) is 10.4. The standard InChI is InChI=1S/C15H13ClO3/c1-2-18-15(17)13-9-8-11(16)10-14(13)19-12-6-4-3-5-7-12/h3-10H,2H2,1H3. The van der Waals surface area contributed by atoms with Gasteiger partial charge in [0.1, 0.15) is 17.1 Å². The first-order chi connectivity index (χ1) is 9.20. The number of ether oxygens (including phenoxy) is 2. The van der Waals surface area contributed by atoms with Crippen LogP contribution in [0.3, 0.4) is 0 Å². The van der Waals surface area contributed by atoms with Gasteiger partial charge in [-0.2, -0.15) is 0 Å². The summed E-state index contributed by atoms with van der Waals surface area (Å²) in [6.07, 6.45) is 0. The van der Waals surface area contributed by atoms with Crippen LogP contribution in [0.4, 0.5) is 0 Å². The lowest BCUT2D eigenvalue weighted by Crippen LogP contribution is -2.06. The molecule has 4 heteroatoms. The lowest BCUT2D eigenvalue weighted by molar-refractivity contribution is 0.0523. The van der Waals surface area contributed by atoms with Crippen LogP contribution in [0.25, 0.3) is 0 Å². The molecule has 3 nitrogen and oxygen atoms in total. The molecule has 0 N–H and O–H groups in total. The lowest BCUT2D eigenvalue weighted by atomic mass is 10.2. The Morgan fingerprint density at radius 1 is 1.16 bits per heavy atom. The van der Waals surface area contributed by atoms with Gasteiger partial charge in [-0.1, -0.05) is 29.8 Å². The predicted octanol–water partition coefficient (Wildman–Crippen LogP) is 4.31.